The normalized spacial score (nSPS) is 21.8. The summed E-state index contributed by atoms with van der Waals surface area (Å²) >= 11 is 0. The minimum Gasteiger partial charge on any atom is -0.454 e. The van der Waals surface area contributed by atoms with Crippen molar-refractivity contribution >= 4 is 0 Å². The van der Waals surface area contributed by atoms with Gasteiger partial charge < -0.3 is 24.3 Å². The summed E-state index contributed by atoms with van der Waals surface area (Å²) in [5.41, 5.74) is 6.23. The summed E-state index contributed by atoms with van der Waals surface area (Å²) in [4.78, 5) is 0. The highest BCUT2D eigenvalue weighted by molar-refractivity contribution is 5.89. The molecule has 1 N–H and O–H groups in total. The van der Waals surface area contributed by atoms with Gasteiger partial charge in [-0.05, 0) is 48.2 Å². The van der Waals surface area contributed by atoms with Gasteiger partial charge >= 0.3 is 0 Å². The van der Waals surface area contributed by atoms with Crippen molar-refractivity contribution < 1.29 is 18.9 Å². The Morgan fingerprint density at radius 2 is 1.70 bits per heavy atom. The molecule has 1 aliphatic carbocycles. The van der Waals surface area contributed by atoms with E-state index >= 15 is 0 Å². The lowest BCUT2D eigenvalue weighted by molar-refractivity contribution is 0.172. The summed E-state index contributed by atoms with van der Waals surface area (Å²) in [6, 6.07) is 6.64. The molecule has 0 spiro atoms. The molecule has 0 bridgehead atoms. The second kappa shape index (κ2) is 4.11. The van der Waals surface area contributed by atoms with Gasteiger partial charge in [-0.15, -0.1) is 0 Å². The lowest BCUT2D eigenvalue weighted by atomic mass is 9.77. The number of hydrogen-bond donors (Lipinski definition) is 1. The first-order chi connectivity index (χ1) is 11.4. The van der Waals surface area contributed by atoms with Crippen LogP contribution in [0.1, 0.15) is 22.7 Å². The highest BCUT2D eigenvalue weighted by Crippen LogP contribution is 2.56. The molecule has 6 rings (SSSR count). The van der Waals surface area contributed by atoms with Crippen LogP contribution in [0, 0.1) is 0 Å². The summed E-state index contributed by atoms with van der Waals surface area (Å²) in [7, 11) is 0. The average molecular weight is 309 g/mol. The Labute approximate surface area is 133 Å². The number of rotatable bonds is 0. The fourth-order valence-corrected chi connectivity index (χ4v) is 4.30. The monoisotopic (exact) mass is 309 g/mol. The lowest BCUT2D eigenvalue weighted by Gasteiger charge is -2.35. The van der Waals surface area contributed by atoms with E-state index in [4.69, 9.17) is 18.9 Å². The molecule has 23 heavy (non-hydrogen) atoms. The van der Waals surface area contributed by atoms with Crippen molar-refractivity contribution in [2.24, 2.45) is 0 Å². The van der Waals surface area contributed by atoms with E-state index in [2.05, 4.69) is 17.4 Å². The van der Waals surface area contributed by atoms with Crippen LogP contribution in [0.3, 0.4) is 0 Å². The van der Waals surface area contributed by atoms with Gasteiger partial charge in [0, 0.05) is 17.2 Å². The predicted molar refractivity (Wildman–Crippen MR) is 82.3 cm³/mol. The first kappa shape index (κ1) is 12.1. The minimum absolute atomic E-state index is 0.280. The maximum atomic E-state index is 5.84. The second-order valence-corrected chi connectivity index (χ2v) is 6.35. The molecule has 116 valence electrons. The quantitative estimate of drug-likeness (QED) is 0.810. The van der Waals surface area contributed by atoms with E-state index in [0.29, 0.717) is 6.04 Å². The van der Waals surface area contributed by atoms with E-state index in [0.717, 1.165) is 53.5 Å². The van der Waals surface area contributed by atoms with Gasteiger partial charge in [0.25, 0.3) is 0 Å². The molecule has 1 unspecified atom stereocenters. The summed E-state index contributed by atoms with van der Waals surface area (Å²) < 4.78 is 22.9. The molecule has 1 atom stereocenters. The largest absolute Gasteiger partial charge is 0.454 e. The summed E-state index contributed by atoms with van der Waals surface area (Å²) in [5.74, 6) is 3.36. The summed E-state index contributed by atoms with van der Waals surface area (Å²) in [5, 5.41) is 3.65. The molecule has 0 aromatic heterocycles. The number of benzene rings is 2. The highest BCUT2D eigenvalue weighted by atomic mass is 16.7. The molecule has 5 nitrogen and oxygen atoms in total. The molecule has 4 aliphatic rings. The Kier molecular flexibility index (Phi) is 2.16. The van der Waals surface area contributed by atoms with E-state index in [1.165, 1.54) is 16.7 Å². The highest BCUT2D eigenvalue weighted by Gasteiger charge is 2.38. The molecular formula is C18H15NO4. The third-order valence-corrected chi connectivity index (χ3v) is 5.22. The van der Waals surface area contributed by atoms with E-state index < -0.39 is 0 Å². The maximum absolute atomic E-state index is 5.84. The Balaban J connectivity index is 1.74. The Morgan fingerprint density at radius 1 is 0.870 bits per heavy atom. The van der Waals surface area contributed by atoms with Crippen LogP contribution in [0.25, 0.3) is 11.1 Å². The van der Waals surface area contributed by atoms with Gasteiger partial charge in [-0.2, -0.15) is 0 Å². The third kappa shape index (κ3) is 1.45. The van der Waals surface area contributed by atoms with Gasteiger partial charge in [0.2, 0.25) is 13.6 Å². The molecule has 3 heterocycles. The standard InChI is InChI=1S/C18H15NO4/c1-2-12-17(22-7-20-12)15-9(1)5-11-14-10(3-4-19-11)6-13-18(16(14)15)23-8-21-13/h1-2,6,11,19H,3-5,7-8H2. The zero-order chi connectivity index (χ0) is 15.0. The molecule has 5 heteroatoms. The molecule has 0 amide bonds. The molecule has 3 aliphatic heterocycles. The lowest BCUT2D eigenvalue weighted by Crippen LogP contribution is -2.33. The first-order valence-corrected chi connectivity index (χ1v) is 8.01. The fourth-order valence-electron chi connectivity index (χ4n) is 4.30. The Morgan fingerprint density at radius 3 is 2.61 bits per heavy atom. The third-order valence-electron chi connectivity index (χ3n) is 5.22. The molecule has 0 radical (unpaired) electrons. The predicted octanol–water partition coefficient (Wildman–Crippen LogP) is 2.55. The molecule has 2 aromatic rings. The summed E-state index contributed by atoms with van der Waals surface area (Å²) in [6.45, 7) is 1.56. The van der Waals surface area contributed by atoms with Crippen LogP contribution in [0.2, 0.25) is 0 Å². The first-order valence-electron chi connectivity index (χ1n) is 8.01. The molecule has 0 saturated heterocycles. The molecule has 2 aromatic carbocycles. The van der Waals surface area contributed by atoms with Gasteiger partial charge in [0.15, 0.2) is 23.0 Å². The van der Waals surface area contributed by atoms with Crippen LogP contribution < -0.4 is 24.3 Å². The van der Waals surface area contributed by atoms with Crippen molar-refractivity contribution in [2.45, 2.75) is 18.9 Å². The topological polar surface area (TPSA) is 49.0 Å². The van der Waals surface area contributed by atoms with Crippen LogP contribution in [0.4, 0.5) is 0 Å². The van der Waals surface area contributed by atoms with Crippen molar-refractivity contribution in [3.8, 4) is 34.1 Å². The molecular weight excluding hydrogens is 294 g/mol. The van der Waals surface area contributed by atoms with Gasteiger partial charge in [-0.3, -0.25) is 0 Å². The smallest absolute Gasteiger partial charge is 0.231 e. The SMILES string of the molecule is c1cc2c(c3c1CC1NCCc4cc5c(c-3c41)OCO5)OCO2. The zero-order valence-electron chi connectivity index (χ0n) is 12.5. The second-order valence-electron chi connectivity index (χ2n) is 6.35. The zero-order valence-corrected chi connectivity index (χ0v) is 12.5. The Hall–Kier alpha value is -2.40. The average Bonchev–Trinajstić information content (AvgIpc) is 3.22. The molecule has 0 fully saturated rings. The van der Waals surface area contributed by atoms with Crippen LogP contribution >= 0.6 is 0 Å². The Bertz CT molecular complexity index is 861. The van der Waals surface area contributed by atoms with Gasteiger partial charge in [0.1, 0.15) is 0 Å². The van der Waals surface area contributed by atoms with Crippen molar-refractivity contribution in [2.75, 3.05) is 20.1 Å². The number of hydrogen-bond acceptors (Lipinski definition) is 5. The van der Waals surface area contributed by atoms with Crippen LogP contribution in [0.15, 0.2) is 18.2 Å². The number of ether oxygens (including phenoxy) is 4. The summed E-state index contributed by atoms with van der Waals surface area (Å²) in [6.07, 6.45) is 1.98. The van der Waals surface area contributed by atoms with Crippen molar-refractivity contribution in [1.29, 1.82) is 0 Å². The van der Waals surface area contributed by atoms with Gasteiger partial charge in [-0.25, -0.2) is 0 Å². The molecule has 0 saturated carbocycles. The van der Waals surface area contributed by atoms with Crippen molar-refractivity contribution in [1.82, 2.24) is 5.32 Å². The van der Waals surface area contributed by atoms with Crippen LogP contribution in [-0.4, -0.2) is 20.1 Å². The van der Waals surface area contributed by atoms with Gasteiger partial charge in [-0.1, -0.05) is 6.07 Å². The van der Waals surface area contributed by atoms with Crippen molar-refractivity contribution in [3.05, 3.63) is 34.9 Å². The van der Waals surface area contributed by atoms with E-state index in [9.17, 15) is 0 Å². The van der Waals surface area contributed by atoms with E-state index in [1.807, 2.05) is 6.07 Å². The van der Waals surface area contributed by atoms with Gasteiger partial charge in [0.05, 0.1) is 0 Å². The maximum Gasteiger partial charge on any atom is 0.231 e. The number of nitrogens with one attached hydrogen (secondary N) is 1. The van der Waals surface area contributed by atoms with Crippen LogP contribution in [-0.2, 0) is 12.8 Å². The number of fused-ring (bicyclic) bond motifs is 6. The van der Waals surface area contributed by atoms with E-state index in [-0.39, 0.29) is 13.6 Å². The minimum atomic E-state index is 0.280. The van der Waals surface area contributed by atoms with Crippen LogP contribution in [0.5, 0.6) is 23.0 Å². The van der Waals surface area contributed by atoms with E-state index in [1.54, 1.807) is 0 Å². The van der Waals surface area contributed by atoms with Crippen molar-refractivity contribution in [3.63, 3.8) is 0 Å². The fraction of sp³-hybridized carbons (Fsp3) is 0.333.